The lowest BCUT2D eigenvalue weighted by Crippen LogP contribution is -2.51. The van der Waals surface area contributed by atoms with Crippen LogP contribution in [0.15, 0.2) is 24.3 Å². The number of benzene rings is 1. The van der Waals surface area contributed by atoms with Crippen LogP contribution in [0.5, 0.6) is 0 Å². The van der Waals surface area contributed by atoms with Gasteiger partial charge in [0.2, 0.25) is 5.91 Å². The summed E-state index contributed by atoms with van der Waals surface area (Å²) in [6, 6.07) is 8.70. The van der Waals surface area contributed by atoms with E-state index in [2.05, 4.69) is 5.32 Å². The first-order valence-corrected chi connectivity index (χ1v) is 7.61. The van der Waals surface area contributed by atoms with E-state index in [9.17, 15) is 9.59 Å². The van der Waals surface area contributed by atoms with Crippen LogP contribution in [0.2, 0.25) is 0 Å². The number of primary amides is 1. The monoisotopic (exact) mass is 297 g/mol. The van der Waals surface area contributed by atoms with Gasteiger partial charge in [-0.25, -0.2) is 0 Å². The molecule has 2 aliphatic carbocycles. The van der Waals surface area contributed by atoms with Crippen LogP contribution in [-0.4, -0.2) is 17.4 Å². The minimum atomic E-state index is -0.444. The number of nitriles is 1. The van der Waals surface area contributed by atoms with Crippen molar-refractivity contribution in [3.05, 3.63) is 35.4 Å². The summed E-state index contributed by atoms with van der Waals surface area (Å²) in [7, 11) is 0. The Morgan fingerprint density at radius 3 is 2.77 bits per heavy atom. The molecular formula is C17H19N3O2. The molecule has 22 heavy (non-hydrogen) atoms. The SMILES string of the molecule is N#Cc1cccc(C(=O)N[C@]23CCC[C@](C(N)=O)(CC2)C3)c1. The van der Waals surface area contributed by atoms with Crippen molar-refractivity contribution in [2.45, 2.75) is 44.1 Å². The van der Waals surface area contributed by atoms with Gasteiger partial charge < -0.3 is 11.1 Å². The van der Waals surface area contributed by atoms with Gasteiger partial charge in [0.25, 0.3) is 5.91 Å². The van der Waals surface area contributed by atoms with E-state index in [0.29, 0.717) is 17.5 Å². The molecule has 5 heteroatoms. The number of rotatable bonds is 3. The van der Waals surface area contributed by atoms with Gasteiger partial charge in [0.15, 0.2) is 0 Å². The second-order valence-corrected chi connectivity index (χ2v) is 6.60. The van der Waals surface area contributed by atoms with Crippen molar-refractivity contribution >= 4 is 11.8 Å². The Labute approximate surface area is 129 Å². The average Bonchev–Trinajstić information content (AvgIpc) is 2.79. The zero-order valence-electron chi connectivity index (χ0n) is 12.4. The Morgan fingerprint density at radius 1 is 1.23 bits per heavy atom. The third kappa shape index (κ3) is 2.35. The largest absolute Gasteiger partial charge is 0.369 e. The molecule has 0 spiro atoms. The van der Waals surface area contributed by atoms with Gasteiger partial charge in [0, 0.05) is 11.1 Å². The van der Waals surface area contributed by atoms with Crippen LogP contribution in [0.3, 0.4) is 0 Å². The first kappa shape index (κ1) is 14.6. The van der Waals surface area contributed by atoms with Crippen molar-refractivity contribution in [1.82, 2.24) is 5.32 Å². The normalized spacial score (nSPS) is 29.6. The maximum atomic E-state index is 12.5. The standard InChI is InChI=1S/C17H19N3O2/c18-10-12-3-1-4-13(9-12)14(21)20-17-6-2-5-16(11-17,7-8-17)15(19)22/h1,3-4,9H,2,5-8,11H2,(H2,19,22)(H,20,21)/t16-,17+/m0/s1. The van der Waals surface area contributed by atoms with E-state index in [-0.39, 0.29) is 17.4 Å². The van der Waals surface area contributed by atoms with Crippen molar-refractivity contribution in [1.29, 1.82) is 5.26 Å². The van der Waals surface area contributed by atoms with E-state index in [4.69, 9.17) is 11.0 Å². The first-order chi connectivity index (χ1) is 10.5. The summed E-state index contributed by atoms with van der Waals surface area (Å²) in [6.45, 7) is 0. The van der Waals surface area contributed by atoms with Crippen molar-refractivity contribution in [2.24, 2.45) is 11.1 Å². The van der Waals surface area contributed by atoms with E-state index < -0.39 is 5.41 Å². The number of carbonyl (C=O) groups is 2. The van der Waals surface area contributed by atoms with Crippen molar-refractivity contribution in [3.8, 4) is 6.07 Å². The van der Waals surface area contributed by atoms with Gasteiger partial charge in [0.05, 0.1) is 17.0 Å². The van der Waals surface area contributed by atoms with Gasteiger partial charge in [-0.1, -0.05) is 12.5 Å². The first-order valence-electron chi connectivity index (χ1n) is 7.61. The molecule has 0 aliphatic heterocycles. The van der Waals surface area contributed by atoms with E-state index in [1.165, 1.54) is 0 Å². The molecular weight excluding hydrogens is 278 g/mol. The summed E-state index contributed by atoms with van der Waals surface area (Å²) in [4.78, 5) is 24.3. The van der Waals surface area contributed by atoms with Crippen LogP contribution in [0.25, 0.3) is 0 Å². The van der Waals surface area contributed by atoms with Gasteiger partial charge >= 0.3 is 0 Å². The number of nitrogens with two attached hydrogens (primary N) is 1. The van der Waals surface area contributed by atoms with Crippen LogP contribution in [0.4, 0.5) is 0 Å². The number of carbonyl (C=O) groups excluding carboxylic acids is 2. The molecule has 114 valence electrons. The molecule has 5 nitrogen and oxygen atoms in total. The molecule has 0 radical (unpaired) electrons. The Morgan fingerprint density at radius 2 is 2.05 bits per heavy atom. The Hall–Kier alpha value is -2.35. The highest BCUT2D eigenvalue weighted by molar-refractivity contribution is 5.95. The fourth-order valence-corrected chi connectivity index (χ4v) is 4.04. The van der Waals surface area contributed by atoms with E-state index >= 15 is 0 Å². The summed E-state index contributed by atoms with van der Waals surface area (Å²) >= 11 is 0. The number of nitrogens with one attached hydrogen (secondary N) is 1. The van der Waals surface area contributed by atoms with E-state index in [0.717, 1.165) is 32.1 Å². The highest BCUT2D eigenvalue weighted by Gasteiger charge is 2.54. The van der Waals surface area contributed by atoms with Gasteiger partial charge in [-0.2, -0.15) is 5.26 Å². The number of hydrogen-bond donors (Lipinski definition) is 2. The second-order valence-electron chi connectivity index (χ2n) is 6.60. The predicted octanol–water partition coefficient (Wildman–Crippen LogP) is 1.87. The van der Waals surface area contributed by atoms with Crippen molar-refractivity contribution in [2.75, 3.05) is 0 Å². The van der Waals surface area contributed by atoms with Crippen LogP contribution in [0.1, 0.15) is 54.4 Å². The fourth-order valence-electron chi connectivity index (χ4n) is 4.04. The summed E-state index contributed by atoms with van der Waals surface area (Å²) in [5.74, 6) is -0.422. The number of amides is 2. The number of fused-ring (bicyclic) bond motifs is 2. The quantitative estimate of drug-likeness (QED) is 0.891. The summed E-state index contributed by atoms with van der Waals surface area (Å²) in [5, 5.41) is 12.0. The Bertz CT molecular complexity index is 679. The minimum absolute atomic E-state index is 0.181. The molecule has 2 fully saturated rings. The van der Waals surface area contributed by atoms with Crippen LogP contribution in [-0.2, 0) is 4.79 Å². The Balaban J connectivity index is 1.79. The third-order valence-electron chi connectivity index (χ3n) is 5.22. The third-order valence-corrected chi connectivity index (χ3v) is 5.22. The van der Waals surface area contributed by atoms with Crippen molar-refractivity contribution < 1.29 is 9.59 Å². The van der Waals surface area contributed by atoms with E-state index in [1.807, 2.05) is 6.07 Å². The summed E-state index contributed by atoms with van der Waals surface area (Å²) < 4.78 is 0. The molecule has 0 heterocycles. The maximum Gasteiger partial charge on any atom is 0.251 e. The van der Waals surface area contributed by atoms with E-state index in [1.54, 1.807) is 24.3 Å². The fraction of sp³-hybridized carbons (Fsp3) is 0.471. The van der Waals surface area contributed by atoms with Crippen LogP contribution < -0.4 is 11.1 Å². The van der Waals surface area contributed by atoms with Gasteiger partial charge in [-0.15, -0.1) is 0 Å². The zero-order valence-corrected chi connectivity index (χ0v) is 12.4. The summed E-state index contributed by atoms with van der Waals surface area (Å²) in [5.41, 5.74) is 5.77. The minimum Gasteiger partial charge on any atom is -0.369 e. The highest BCUT2D eigenvalue weighted by Crippen LogP contribution is 2.53. The smallest absolute Gasteiger partial charge is 0.251 e. The van der Waals surface area contributed by atoms with Crippen molar-refractivity contribution in [3.63, 3.8) is 0 Å². The van der Waals surface area contributed by atoms with Gasteiger partial charge in [0.1, 0.15) is 0 Å². The lowest BCUT2D eigenvalue weighted by Gasteiger charge is -2.38. The maximum absolute atomic E-state index is 12.5. The molecule has 2 atom stereocenters. The molecule has 2 bridgehead atoms. The molecule has 0 aromatic heterocycles. The lowest BCUT2D eigenvalue weighted by molar-refractivity contribution is -0.128. The average molecular weight is 297 g/mol. The van der Waals surface area contributed by atoms with Gasteiger partial charge in [-0.05, 0) is 50.3 Å². The molecule has 0 unspecified atom stereocenters. The molecule has 3 rings (SSSR count). The van der Waals surface area contributed by atoms with Crippen LogP contribution >= 0.6 is 0 Å². The highest BCUT2D eigenvalue weighted by atomic mass is 16.2. The molecule has 2 aliphatic rings. The molecule has 2 saturated carbocycles. The topological polar surface area (TPSA) is 96.0 Å². The summed E-state index contributed by atoms with van der Waals surface area (Å²) in [6.07, 6.45) is 4.79. The van der Waals surface area contributed by atoms with Crippen LogP contribution in [0, 0.1) is 16.7 Å². The number of nitrogens with zero attached hydrogens (tertiary/aromatic N) is 1. The molecule has 1 aromatic rings. The Kier molecular flexibility index (Phi) is 3.40. The molecule has 3 N–H and O–H groups in total. The predicted molar refractivity (Wildman–Crippen MR) is 80.7 cm³/mol. The van der Waals surface area contributed by atoms with Gasteiger partial charge in [-0.3, -0.25) is 9.59 Å². The molecule has 1 aromatic carbocycles. The number of hydrogen-bond acceptors (Lipinski definition) is 3. The second kappa shape index (κ2) is 5.13. The lowest BCUT2D eigenvalue weighted by atomic mass is 9.72. The molecule has 2 amide bonds. The molecule has 0 saturated heterocycles. The zero-order chi connectivity index (χ0) is 15.8.